The molecule has 1 N–H and O–H groups in total. The summed E-state index contributed by atoms with van der Waals surface area (Å²) in [5, 5.41) is 2.70. The van der Waals surface area contributed by atoms with Crippen LogP contribution in [0.1, 0.15) is 18.0 Å². The molecule has 1 aliphatic heterocycles. The Morgan fingerprint density at radius 3 is 3.33 bits per heavy atom. The fourth-order valence-corrected chi connectivity index (χ4v) is 1.82. The predicted octanol–water partition coefficient (Wildman–Crippen LogP) is -0.0785. The van der Waals surface area contributed by atoms with Crippen LogP contribution in [0, 0.1) is 0 Å². The fourth-order valence-electron chi connectivity index (χ4n) is 1.82. The Kier molecular flexibility index (Phi) is 1.81. The second-order valence-electron chi connectivity index (χ2n) is 3.60. The summed E-state index contributed by atoms with van der Waals surface area (Å²) in [4.78, 5) is 19.9. The summed E-state index contributed by atoms with van der Waals surface area (Å²) >= 11 is 0. The molecule has 0 bridgehead atoms. The van der Waals surface area contributed by atoms with Crippen molar-refractivity contribution in [2.45, 2.75) is 12.3 Å². The molecule has 1 atom stereocenters. The highest BCUT2D eigenvalue weighted by molar-refractivity contribution is 5.27. The second kappa shape index (κ2) is 3.16. The maximum Gasteiger partial charge on any atom is 0.274 e. The smallest absolute Gasteiger partial charge is 0.274 e. The molecule has 15 heavy (non-hydrogen) atoms. The molecular formula is C9H10N4O2. The monoisotopic (exact) mass is 206 g/mol. The number of aromatic nitrogens is 4. The quantitative estimate of drug-likeness (QED) is 0.708. The zero-order valence-corrected chi connectivity index (χ0v) is 8.01. The summed E-state index contributed by atoms with van der Waals surface area (Å²) in [7, 11) is 0. The molecule has 2 aromatic rings. The number of hydrogen-bond acceptors (Lipinski definition) is 4. The van der Waals surface area contributed by atoms with Gasteiger partial charge in [0.05, 0.1) is 12.3 Å². The molecule has 78 valence electrons. The van der Waals surface area contributed by atoms with Crippen LogP contribution in [-0.2, 0) is 4.74 Å². The highest BCUT2D eigenvalue weighted by Crippen LogP contribution is 2.22. The van der Waals surface area contributed by atoms with Gasteiger partial charge in [-0.2, -0.15) is 4.52 Å². The van der Waals surface area contributed by atoms with Crippen molar-refractivity contribution in [3.8, 4) is 0 Å². The van der Waals surface area contributed by atoms with Gasteiger partial charge in [-0.25, -0.2) is 9.97 Å². The van der Waals surface area contributed by atoms with Gasteiger partial charge >= 0.3 is 0 Å². The van der Waals surface area contributed by atoms with E-state index < -0.39 is 0 Å². The highest BCUT2D eigenvalue weighted by atomic mass is 16.5. The van der Waals surface area contributed by atoms with Gasteiger partial charge in [-0.05, 0) is 6.42 Å². The van der Waals surface area contributed by atoms with Crippen LogP contribution in [0.2, 0.25) is 0 Å². The highest BCUT2D eigenvalue weighted by Gasteiger charge is 2.20. The van der Waals surface area contributed by atoms with Crippen molar-refractivity contribution in [1.82, 2.24) is 19.6 Å². The summed E-state index contributed by atoms with van der Waals surface area (Å²) in [6.45, 7) is 1.39. The standard InChI is InChI=1S/C9H10N4O2/c14-8-3-7(6-1-2-15-4-6)12-9-10-5-11-13(8)9/h3,5-6H,1-2,4H2,(H,10,11,12). The van der Waals surface area contributed by atoms with Crippen molar-refractivity contribution in [1.29, 1.82) is 0 Å². The number of hydrogen-bond donors (Lipinski definition) is 1. The third-order valence-electron chi connectivity index (χ3n) is 2.64. The van der Waals surface area contributed by atoms with Crippen LogP contribution in [-0.4, -0.2) is 32.8 Å². The van der Waals surface area contributed by atoms with Gasteiger partial charge in [0.25, 0.3) is 11.3 Å². The van der Waals surface area contributed by atoms with Crippen LogP contribution in [0.4, 0.5) is 0 Å². The van der Waals surface area contributed by atoms with E-state index in [0.29, 0.717) is 12.4 Å². The zero-order chi connectivity index (χ0) is 10.3. The number of rotatable bonds is 1. The maximum absolute atomic E-state index is 11.6. The molecule has 6 nitrogen and oxygen atoms in total. The van der Waals surface area contributed by atoms with Crippen LogP contribution in [0.15, 0.2) is 17.2 Å². The van der Waals surface area contributed by atoms with Gasteiger partial charge < -0.3 is 4.74 Å². The second-order valence-corrected chi connectivity index (χ2v) is 3.60. The van der Waals surface area contributed by atoms with Crippen molar-refractivity contribution in [2.24, 2.45) is 0 Å². The lowest BCUT2D eigenvalue weighted by molar-refractivity contribution is 0.193. The first-order chi connectivity index (χ1) is 7.34. The third-order valence-corrected chi connectivity index (χ3v) is 2.64. The minimum absolute atomic E-state index is 0.126. The largest absolute Gasteiger partial charge is 0.381 e. The van der Waals surface area contributed by atoms with Crippen LogP contribution in [0.3, 0.4) is 0 Å². The molecule has 0 aromatic carbocycles. The van der Waals surface area contributed by atoms with Crippen molar-refractivity contribution in [3.63, 3.8) is 0 Å². The first-order valence-corrected chi connectivity index (χ1v) is 4.85. The fraction of sp³-hybridized carbons (Fsp3) is 0.444. The molecule has 1 aliphatic rings. The molecular weight excluding hydrogens is 196 g/mol. The molecule has 0 aliphatic carbocycles. The van der Waals surface area contributed by atoms with Crippen LogP contribution in [0.5, 0.6) is 0 Å². The molecule has 0 spiro atoms. The summed E-state index contributed by atoms with van der Waals surface area (Å²) in [5.41, 5.74) is 0.656. The van der Waals surface area contributed by atoms with Crippen LogP contribution >= 0.6 is 0 Å². The van der Waals surface area contributed by atoms with Crippen LogP contribution in [0.25, 0.3) is 5.78 Å². The van der Waals surface area contributed by atoms with E-state index in [2.05, 4.69) is 15.1 Å². The number of ether oxygens (including phenoxy) is 1. The summed E-state index contributed by atoms with van der Waals surface area (Å²) in [6, 6.07) is 1.55. The Morgan fingerprint density at radius 1 is 1.60 bits per heavy atom. The van der Waals surface area contributed by atoms with E-state index in [9.17, 15) is 4.79 Å². The first kappa shape index (κ1) is 8.60. The zero-order valence-electron chi connectivity index (χ0n) is 8.01. The van der Waals surface area contributed by atoms with Gasteiger partial charge in [-0.1, -0.05) is 0 Å². The number of aromatic amines is 1. The van der Waals surface area contributed by atoms with E-state index in [1.165, 1.54) is 10.8 Å². The molecule has 2 aromatic heterocycles. The van der Waals surface area contributed by atoms with Crippen molar-refractivity contribution < 1.29 is 4.74 Å². The lowest BCUT2D eigenvalue weighted by Gasteiger charge is -2.05. The normalized spacial score (nSPS) is 21.2. The van der Waals surface area contributed by atoms with Crippen LogP contribution < -0.4 is 5.56 Å². The van der Waals surface area contributed by atoms with Crippen molar-refractivity contribution in [2.75, 3.05) is 13.2 Å². The first-order valence-electron chi connectivity index (χ1n) is 4.85. The molecule has 1 unspecified atom stereocenters. The van der Waals surface area contributed by atoms with Crippen molar-refractivity contribution in [3.05, 3.63) is 28.4 Å². The van der Waals surface area contributed by atoms with E-state index >= 15 is 0 Å². The third kappa shape index (κ3) is 1.33. The molecule has 1 fully saturated rings. The van der Waals surface area contributed by atoms with E-state index in [1.807, 2.05) is 0 Å². The van der Waals surface area contributed by atoms with E-state index in [-0.39, 0.29) is 11.5 Å². The van der Waals surface area contributed by atoms with Gasteiger partial charge in [-0.15, -0.1) is 0 Å². The minimum atomic E-state index is -0.126. The topological polar surface area (TPSA) is 72.3 Å². The lowest BCUT2D eigenvalue weighted by atomic mass is 10.1. The molecule has 1 saturated heterocycles. The van der Waals surface area contributed by atoms with Gasteiger partial charge in [0.2, 0.25) is 0 Å². The molecule has 3 rings (SSSR count). The van der Waals surface area contributed by atoms with Gasteiger partial charge in [-0.3, -0.25) is 9.89 Å². The number of nitrogens with one attached hydrogen (secondary N) is 1. The van der Waals surface area contributed by atoms with E-state index in [4.69, 9.17) is 4.74 Å². The SMILES string of the molecule is O=c1cc(C2CCOC2)nc2nc[nH]n12. The predicted molar refractivity (Wildman–Crippen MR) is 51.8 cm³/mol. The van der Waals surface area contributed by atoms with Gasteiger partial charge in [0.1, 0.15) is 6.33 Å². The molecule has 0 saturated carbocycles. The Bertz CT molecular complexity index is 538. The molecule has 6 heteroatoms. The van der Waals surface area contributed by atoms with E-state index in [1.54, 1.807) is 6.07 Å². The Balaban J connectivity index is 2.15. The van der Waals surface area contributed by atoms with Crippen molar-refractivity contribution >= 4 is 5.78 Å². The number of nitrogens with zero attached hydrogens (tertiary/aromatic N) is 3. The lowest BCUT2D eigenvalue weighted by Crippen LogP contribution is -2.17. The summed E-state index contributed by atoms with van der Waals surface area (Å²) in [6.07, 6.45) is 2.38. The Hall–Kier alpha value is -1.69. The number of H-pyrrole nitrogens is 1. The average Bonchev–Trinajstić information content (AvgIpc) is 2.88. The molecule has 0 radical (unpaired) electrons. The summed E-state index contributed by atoms with van der Waals surface area (Å²) in [5.74, 6) is 0.656. The van der Waals surface area contributed by atoms with E-state index in [0.717, 1.165) is 18.7 Å². The maximum atomic E-state index is 11.6. The van der Waals surface area contributed by atoms with Gasteiger partial charge in [0.15, 0.2) is 0 Å². The van der Waals surface area contributed by atoms with Gasteiger partial charge in [0, 0.05) is 18.6 Å². The Labute approximate surface area is 84.9 Å². The Morgan fingerprint density at radius 2 is 2.53 bits per heavy atom. The minimum Gasteiger partial charge on any atom is -0.381 e. The molecule has 0 amide bonds. The summed E-state index contributed by atoms with van der Waals surface area (Å²) < 4.78 is 6.59. The average molecular weight is 206 g/mol. The molecule has 3 heterocycles. The number of fused-ring (bicyclic) bond motifs is 1.